The number of hydrogen-bond acceptors (Lipinski definition) is 7. The number of carbonyl (C=O) groups excluding carboxylic acids is 3. The second kappa shape index (κ2) is 12.0. The second-order valence-corrected chi connectivity index (χ2v) is 6.69. The number of aliphatic hydroxyl groups excluding tert-OH is 1. The molecule has 4 unspecified atom stereocenters. The number of thiol groups is 1. The maximum atomic E-state index is 12.5. The average molecular weight is 426 g/mol. The highest BCUT2D eigenvalue weighted by atomic mass is 32.1. The number of nitrogens with two attached hydrogens (primary N) is 1. The summed E-state index contributed by atoms with van der Waals surface area (Å²) in [5, 5.41) is 26.3. The van der Waals surface area contributed by atoms with Crippen LogP contribution in [0.1, 0.15) is 12.5 Å². The molecule has 4 atom stereocenters. The van der Waals surface area contributed by atoms with Crippen LogP contribution < -0.4 is 21.7 Å². The van der Waals surface area contributed by atoms with Gasteiger partial charge >= 0.3 is 5.97 Å². The normalized spacial score (nSPS) is 14.8. The molecule has 1 aromatic rings. The van der Waals surface area contributed by atoms with Crippen molar-refractivity contribution >= 4 is 36.3 Å². The van der Waals surface area contributed by atoms with Gasteiger partial charge in [-0.05, 0) is 12.5 Å². The zero-order valence-corrected chi connectivity index (χ0v) is 16.8. The molecule has 1 aromatic carbocycles. The third-order valence-electron chi connectivity index (χ3n) is 3.98. The van der Waals surface area contributed by atoms with Crippen LogP contribution in [0.3, 0.4) is 0 Å². The van der Waals surface area contributed by atoms with Crippen LogP contribution in [0.15, 0.2) is 30.3 Å². The Kier molecular flexibility index (Phi) is 10.1. The van der Waals surface area contributed by atoms with Crippen molar-refractivity contribution in [1.82, 2.24) is 16.0 Å². The summed E-state index contributed by atoms with van der Waals surface area (Å²) in [6.07, 6.45) is -1.30. The molecule has 0 aromatic heterocycles. The van der Waals surface area contributed by atoms with Gasteiger partial charge in [0.15, 0.2) is 0 Å². The number of carboxylic acids is 1. The van der Waals surface area contributed by atoms with Crippen molar-refractivity contribution in [1.29, 1.82) is 0 Å². The minimum atomic E-state index is -1.43. The van der Waals surface area contributed by atoms with Crippen LogP contribution in [0, 0.1) is 0 Å². The molecule has 0 saturated heterocycles. The summed E-state index contributed by atoms with van der Waals surface area (Å²) in [4.78, 5) is 47.8. The Bertz CT molecular complexity index is 716. The predicted molar refractivity (Wildman–Crippen MR) is 108 cm³/mol. The second-order valence-electron chi connectivity index (χ2n) is 6.32. The smallest absolute Gasteiger partial charge is 0.326 e. The molecule has 29 heavy (non-hydrogen) atoms. The number of benzene rings is 1. The van der Waals surface area contributed by atoms with E-state index in [0.29, 0.717) is 5.56 Å². The first kappa shape index (κ1) is 24.4. The fraction of sp³-hybridized carbons (Fsp3) is 0.444. The Morgan fingerprint density at radius 3 is 2.14 bits per heavy atom. The van der Waals surface area contributed by atoms with E-state index >= 15 is 0 Å². The first-order valence-corrected chi connectivity index (χ1v) is 9.48. The molecule has 0 heterocycles. The van der Waals surface area contributed by atoms with Crippen LogP contribution >= 0.6 is 12.6 Å². The van der Waals surface area contributed by atoms with Gasteiger partial charge in [0.05, 0.1) is 12.6 Å². The first-order valence-electron chi connectivity index (χ1n) is 8.85. The molecule has 0 spiro atoms. The summed E-state index contributed by atoms with van der Waals surface area (Å²) in [5.41, 5.74) is 5.88. The number of nitrogens with one attached hydrogen (secondary N) is 3. The molecular weight excluding hydrogens is 400 g/mol. The number of aliphatic hydroxyl groups is 1. The highest BCUT2D eigenvalue weighted by Crippen LogP contribution is 2.05. The third-order valence-corrected chi connectivity index (χ3v) is 4.34. The van der Waals surface area contributed by atoms with E-state index in [4.69, 9.17) is 5.73 Å². The van der Waals surface area contributed by atoms with Crippen LogP contribution in [0.25, 0.3) is 0 Å². The molecule has 0 bridgehead atoms. The molecule has 0 aliphatic rings. The predicted octanol–water partition coefficient (Wildman–Crippen LogP) is -1.96. The zero-order chi connectivity index (χ0) is 22.0. The van der Waals surface area contributed by atoms with Crippen LogP contribution in [0.5, 0.6) is 0 Å². The third kappa shape index (κ3) is 8.10. The molecule has 11 heteroatoms. The standard InChI is InChI=1S/C18H26N4O6S/c1-10(23)15(22-16(25)13(9-29)20-14(24)8-19)17(26)21-12(18(27)28)7-11-5-3-2-4-6-11/h2-6,10,12-13,15,23,29H,7-9,19H2,1H3,(H,20,24)(H,21,26)(H,22,25)(H,27,28). The van der Waals surface area contributed by atoms with Crippen LogP contribution in [-0.2, 0) is 25.6 Å². The summed E-state index contributed by atoms with van der Waals surface area (Å²) in [6.45, 7) is 0.934. The molecule has 0 radical (unpaired) electrons. The van der Waals surface area contributed by atoms with Gasteiger partial charge < -0.3 is 31.9 Å². The number of amides is 3. The van der Waals surface area contributed by atoms with Crippen LogP contribution in [0.2, 0.25) is 0 Å². The van der Waals surface area contributed by atoms with E-state index in [-0.39, 0.29) is 18.7 Å². The molecule has 0 aliphatic carbocycles. The zero-order valence-electron chi connectivity index (χ0n) is 15.9. The maximum Gasteiger partial charge on any atom is 0.326 e. The molecule has 7 N–H and O–H groups in total. The number of aliphatic carboxylic acids is 1. The molecule has 1 rings (SSSR count). The Hall–Kier alpha value is -2.63. The first-order chi connectivity index (χ1) is 13.7. The molecule has 0 fully saturated rings. The van der Waals surface area contributed by atoms with Gasteiger partial charge in [-0.3, -0.25) is 14.4 Å². The lowest BCUT2D eigenvalue weighted by molar-refractivity contribution is -0.143. The van der Waals surface area contributed by atoms with Gasteiger partial charge in [-0.1, -0.05) is 30.3 Å². The summed E-state index contributed by atoms with van der Waals surface area (Å²) in [6, 6.07) is 4.91. The Balaban J connectivity index is 2.85. The van der Waals surface area contributed by atoms with Crippen molar-refractivity contribution in [3.63, 3.8) is 0 Å². The van der Waals surface area contributed by atoms with E-state index in [2.05, 4.69) is 28.6 Å². The Labute approximate surface area is 173 Å². The number of hydrogen-bond donors (Lipinski definition) is 7. The lowest BCUT2D eigenvalue weighted by Gasteiger charge is -2.25. The van der Waals surface area contributed by atoms with Gasteiger partial charge in [0.25, 0.3) is 0 Å². The molecule has 0 saturated carbocycles. The number of carboxylic acid groups (broad SMARTS) is 1. The maximum absolute atomic E-state index is 12.5. The monoisotopic (exact) mass is 426 g/mol. The lowest BCUT2D eigenvalue weighted by atomic mass is 10.0. The quantitative estimate of drug-likeness (QED) is 0.201. The van der Waals surface area contributed by atoms with E-state index < -0.39 is 47.9 Å². The van der Waals surface area contributed by atoms with E-state index in [1.807, 2.05) is 0 Å². The Morgan fingerprint density at radius 1 is 1.03 bits per heavy atom. The minimum absolute atomic E-state index is 0.0220. The summed E-state index contributed by atoms with van der Waals surface area (Å²) >= 11 is 3.98. The highest BCUT2D eigenvalue weighted by Gasteiger charge is 2.31. The van der Waals surface area contributed by atoms with Crippen molar-refractivity contribution < 1.29 is 29.4 Å². The molecule has 160 valence electrons. The molecule has 10 nitrogen and oxygen atoms in total. The lowest BCUT2D eigenvalue weighted by Crippen LogP contribution is -2.59. The number of carbonyl (C=O) groups is 4. The summed E-state index contributed by atoms with van der Waals surface area (Å²) in [7, 11) is 0. The van der Waals surface area contributed by atoms with Crippen LogP contribution in [0.4, 0.5) is 0 Å². The van der Waals surface area contributed by atoms with Crippen molar-refractivity contribution in [3.8, 4) is 0 Å². The summed E-state index contributed by atoms with van der Waals surface area (Å²) < 4.78 is 0. The van der Waals surface area contributed by atoms with E-state index in [1.54, 1.807) is 30.3 Å². The van der Waals surface area contributed by atoms with Crippen molar-refractivity contribution in [2.75, 3.05) is 12.3 Å². The molecule has 0 aliphatic heterocycles. The van der Waals surface area contributed by atoms with Crippen LogP contribution in [-0.4, -0.2) is 70.4 Å². The SMILES string of the molecule is CC(O)C(NC(=O)C(CS)NC(=O)CN)C(=O)NC(Cc1ccccc1)C(=O)O. The van der Waals surface area contributed by atoms with Gasteiger partial charge in [-0.25, -0.2) is 4.79 Å². The molecule has 3 amide bonds. The minimum Gasteiger partial charge on any atom is -0.480 e. The topological polar surface area (TPSA) is 171 Å². The van der Waals surface area contributed by atoms with Crippen molar-refractivity contribution in [2.45, 2.75) is 37.6 Å². The Morgan fingerprint density at radius 2 is 1.66 bits per heavy atom. The average Bonchev–Trinajstić information content (AvgIpc) is 2.69. The van der Waals surface area contributed by atoms with Gasteiger partial charge in [0, 0.05) is 12.2 Å². The van der Waals surface area contributed by atoms with Gasteiger partial charge in [0.2, 0.25) is 17.7 Å². The van der Waals surface area contributed by atoms with Gasteiger partial charge in [-0.2, -0.15) is 12.6 Å². The fourth-order valence-corrected chi connectivity index (χ4v) is 2.67. The van der Waals surface area contributed by atoms with Crippen molar-refractivity contribution in [3.05, 3.63) is 35.9 Å². The van der Waals surface area contributed by atoms with Gasteiger partial charge in [0.1, 0.15) is 18.1 Å². The van der Waals surface area contributed by atoms with E-state index in [9.17, 15) is 29.4 Å². The largest absolute Gasteiger partial charge is 0.480 e. The number of rotatable bonds is 11. The van der Waals surface area contributed by atoms with Crippen molar-refractivity contribution in [2.24, 2.45) is 5.73 Å². The van der Waals surface area contributed by atoms with Gasteiger partial charge in [-0.15, -0.1) is 0 Å². The van der Waals surface area contributed by atoms with E-state index in [1.165, 1.54) is 6.92 Å². The molecular formula is C18H26N4O6S. The summed E-state index contributed by atoms with van der Waals surface area (Å²) in [5.74, 6) is -3.57. The fourth-order valence-electron chi connectivity index (χ4n) is 2.42. The van der Waals surface area contributed by atoms with E-state index in [0.717, 1.165) is 0 Å². The highest BCUT2D eigenvalue weighted by molar-refractivity contribution is 7.80.